The van der Waals surface area contributed by atoms with Gasteiger partial charge in [0.2, 0.25) is 0 Å². The van der Waals surface area contributed by atoms with Crippen LogP contribution < -0.4 is 0 Å². The highest BCUT2D eigenvalue weighted by Crippen LogP contribution is 2.44. The first-order valence-electron chi connectivity index (χ1n) is 7.09. The molecule has 0 aliphatic heterocycles. The molecule has 0 saturated carbocycles. The molecule has 0 spiro atoms. The quantitative estimate of drug-likeness (QED) is 0.816. The zero-order chi connectivity index (χ0) is 15.0. The molecule has 0 aliphatic rings. The number of aromatic hydroxyl groups is 2. The molecule has 1 aromatic rings. The molecule has 108 valence electrons. The van der Waals surface area contributed by atoms with Crippen LogP contribution in [0.1, 0.15) is 71.6 Å². The summed E-state index contributed by atoms with van der Waals surface area (Å²) in [5, 5.41) is 20.9. The van der Waals surface area contributed by atoms with Gasteiger partial charge in [-0.1, -0.05) is 54.9 Å². The van der Waals surface area contributed by atoms with E-state index in [9.17, 15) is 10.2 Å². The SMILES string of the molecule is CCCc1c(O)c(C(C)(C)C)cc(C(C)(C)C)c1O. The average molecular weight is 264 g/mol. The number of rotatable bonds is 2. The molecule has 0 atom stereocenters. The summed E-state index contributed by atoms with van der Waals surface area (Å²) in [7, 11) is 0. The van der Waals surface area contributed by atoms with E-state index in [-0.39, 0.29) is 22.3 Å². The van der Waals surface area contributed by atoms with Gasteiger partial charge in [0.15, 0.2) is 0 Å². The Hall–Kier alpha value is -1.18. The number of benzene rings is 1. The summed E-state index contributed by atoms with van der Waals surface area (Å²) >= 11 is 0. The second-order valence-corrected chi connectivity index (χ2v) is 7.40. The van der Waals surface area contributed by atoms with Crippen molar-refractivity contribution < 1.29 is 10.2 Å². The lowest BCUT2D eigenvalue weighted by Crippen LogP contribution is -2.18. The van der Waals surface area contributed by atoms with Crippen LogP contribution in [0.25, 0.3) is 0 Å². The minimum atomic E-state index is -0.139. The van der Waals surface area contributed by atoms with E-state index < -0.39 is 0 Å². The van der Waals surface area contributed by atoms with Crippen LogP contribution in [0.3, 0.4) is 0 Å². The van der Waals surface area contributed by atoms with Crippen LogP contribution in [0, 0.1) is 0 Å². The topological polar surface area (TPSA) is 40.5 Å². The molecular weight excluding hydrogens is 236 g/mol. The zero-order valence-corrected chi connectivity index (χ0v) is 13.4. The van der Waals surface area contributed by atoms with Crippen molar-refractivity contribution in [3.8, 4) is 11.5 Å². The maximum Gasteiger partial charge on any atom is 0.126 e. The molecular formula is C17H28O2. The average Bonchev–Trinajstić information content (AvgIpc) is 2.20. The second-order valence-electron chi connectivity index (χ2n) is 7.40. The van der Waals surface area contributed by atoms with Gasteiger partial charge in [-0.15, -0.1) is 0 Å². The highest BCUT2D eigenvalue weighted by molar-refractivity contribution is 5.57. The van der Waals surface area contributed by atoms with Crippen molar-refractivity contribution in [1.82, 2.24) is 0 Å². The molecule has 0 saturated heterocycles. The Morgan fingerprint density at radius 2 is 1.21 bits per heavy atom. The molecule has 2 nitrogen and oxygen atoms in total. The molecule has 19 heavy (non-hydrogen) atoms. The van der Waals surface area contributed by atoms with Crippen molar-refractivity contribution in [3.63, 3.8) is 0 Å². The van der Waals surface area contributed by atoms with Gasteiger partial charge in [0.1, 0.15) is 11.5 Å². The van der Waals surface area contributed by atoms with Gasteiger partial charge >= 0.3 is 0 Å². The Kier molecular flexibility index (Phi) is 4.23. The maximum absolute atomic E-state index is 10.5. The fourth-order valence-corrected chi connectivity index (χ4v) is 2.35. The summed E-state index contributed by atoms with van der Waals surface area (Å²) in [6, 6.07) is 1.96. The predicted octanol–water partition coefficient (Wildman–Crippen LogP) is 4.65. The van der Waals surface area contributed by atoms with E-state index in [0.717, 1.165) is 17.5 Å². The molecule has 2 heteroatoms. The molecule has 0 radical (unpaired) electrons. The standard InChI is InChI=1S/C17H28O2/c1-8-9-11-14(18)12(16(2,3)4)10-13(15(11)19)17(5,6)7/h10,18-19H,8-9H2,1-7H3. The maximum atomic E-state index is 10.5. The fraction of sp³-hybridized carbons (Fsp3) is 0.647. The van der Waals surface area contributed by atoms with E-state index in [1.54, 1.807) is 0 Å². The van der Waals surface area contributed by atoms with Gasteiger partial charge in [0.05, 0.1) is 0 Å². The summed E-state index contributed by atoms with van der Waals surface area (Å²) in [6.07, 6.45) is 1.60. The Bertz CT molecular complexity index is 421. The van der Waals surface area contributed by atoms with Crippen molar-refractivity contribution in [2.24, 2.45) is 0 Å². The first kappa shape index (κ1) is 15.9. The summed E-state index contributed by atoms with van der Waals surface area (Å²) < 4.78 is 0. The number of phenols is 2. The molecule has 0 fully saturated rings. The van der Waals surface area contributed by atoms with Crippen molar-refractivity contribution >= 4 is 0 Å². The summed E-state index contributed by atoms with van der Waals surface area (Å²) in [4.78, 5) is 0. The smallest absolute Gasteiger partial charge is 0.126 e. The van der Waals surface area contributed by atoms with Gasteiger partial charge in [-0.05, 0) is 23.3 Å². The largest absolute Gasteiger partial charge is 0.507 e. The second kappa shape index (κ2) is 5.07. The van der Waals surface area contributed by atoms with Crippen molar-refractivity contribution in [3.05, 3.63) is 22.8 Å². The van der Waals surface area contributed by atoms with Gasteiger partial charge < -0.3 is 10.2 Å². The lowest BCUT2D eigenvalue weighted by atomic mass is 9.77. The molecule has 0 bridgehead atoms. The first-order valence-corrected chi connectivity index (χ1v) is 7.09. The highest BCUT2D eigenvalue weighted by atomic mass is 16.3. The van der Waals surface area contributed by atoms with Gasteiger partial charge in [-0.25, -0.2) is 0 Å². The Balaban J connectivity index is 3.65. The lowest BCUT2D eigenvalue weighted by molar-refractivity contribution is 0.406. The summed E-state index contributed by atoms with van der Waals surface area (Å²) in [6.45, 7) is 14.6. The summed E-state index contributed by atoms with van der Waals surface area (Å²) in [5.74, 6) is 0.528. The molecule has 1 aromatic carbocycles. The highest BCUT2D eigenvalue weighted by Gasteiger charge is 2.28. The van der Waals surface area contributed by atoms with Crippen molar-refractivity contribution in [2.75, 3.05) is 0 Å². The van der Waals surface area contributed by atoms with Crippen LogP contribution in [0.4, 0.5) is 0 Å². The molecule has 0 aliphatic carbocycles. The van der Waals surface area contributed by atoms with Gasteiger partial charge in [0.25, 0.3) is 0 Å². The monoisotopic (exact) mass is 264 g/mol. The third-order valence-electron chi connectivity index (χ3n) is 3.49. The van der Waals surface area contributed by atoms with E-state index in [4.69, 9.17) is 0 Å². The minimum absolute atomic E-state index is 0.139. The normalized spacial score (nSPS) is 12.8. The fourth-order valence-electron chi connectivity index (χ4n) is 2.35. The molecule has 0 amide bonds. The van der Waals surface area contributed by atoms with E-state index >= 15 is 0 Å². The molecule has 1 rings (SSSR count). The first-order chi connectivity index (χ1) is 8.50. The van der Waals surface area contributed by atoms with Crippen molar-refractivity contribution in [1.29, 1.82) is 0 Å². The van der Waals surface area contributed by atoms with Gasteiger partial charge in [-0.2, -0.15) is 0 Å². The van der Waals surface area contributed by atoms with Crippen LogP contribution in [0.2, 0.25) is 0 Å². The van der Waals surface area contributed by atoms with E-state index in [0.29, 0.717) is 12.0 Å². The van der Waals surface area contributed by atoms with Crippen LogP contribution in [0.15, 0.2) is 6.07 Å². The Morgan fingerprint density at radius 1 is 0.842 bits per heavy atom. The van der Waals surface area contributed by atoms with Crippen LogP contribution in [-0.4, -0.2) is 10.2 Å². The predicted molar refractivity (Wildman–Crippen MR) is 81.2 cm³/mol. The van der Waals surface area contributed by atoms with Crippen LogP contribution in [0.5, 0.6) is 11.5 Å². The Morgan fingerprint density at radius 3 is 1.47 bits per heavy atom. The third kappa shape index (κ3) is 3.23. The van der Waals surface area contributed by atoms with Gasteiger partial charge in [0, 0.05) is 16.7 Å². The molecule has 0 aromatic heterocycles. The van der Waals surface area contributed by atoms with Crippen LogP contribution in [-0.2, 0) is 17.3 Å². The van der Waals surface area contributed by atoms with E-state index in [1.807, 2.05) is 6.07 Å². The lowest BCUT2D eigenvalue weighted by Gasteiger charge is -2.28. The molecule has 0 heterocycles. The third-order valence-corrected chi connectivity index (χ3v) is 3.49. The zero-order valence-electron chi connectivity index (χ0n) is 13.4. The van der Waals surface area contributed by atoms with Gasteiger partial charge in [-0.3, -0.25) is 0 Å². The van der Waals surface area contributed by atoms with E-state index in [2.05, 4.69) is 48.5 Å². The molecule has 2 N–H and O–H groups in total. The number of hydrogen-bond donors (Lipinski definition) is 2. The minimum Gasteiger partial charge on any atom is -0.507 e. The number of phenolic OH excluding ortho intramolecular Hbond substituents is 2. The Labute approximate surface area is 117 Å². The van der Waals surface area contributed by atoms with Crippen LogP contribution >= 0.6 is 0 Å². The number of hydrogen-bond acceptors (Lipinski definition) is 2. The van der Waals surface area contributed by atoms with E-state index in [1.165, 1.54) is 0 Å². The summed E-state index contributed by atoms with van der Waals surface area (Å²) in [5.41, 5.74) is 2.25. The van der Waals surface area contributed by atoms with Crippen molar-refractivity contribution in [2.45, 2.75) is 72.1 Å². The molecule has 0 unspecified atom stereocenters.